The van der Waals surface area contributed by atoms with Crippen molar-refractivity contribution in [3.05, 3.63) is 17.8 Å². The fourth-order valence-electron chi connectivity index (χ4n) is 3.01. The van der Waals surface area contributed by atoms with E-state index in [-0.39, 0.29) is 24.5 Å². The molecule has 2 saturated heterocycles. The highest BCUT2D eigenvalue weighted by molar-refractivity contribution is 6.33. The molecule has 0 amide bonds. The number of ether oxygens (including phenoxy) is 3. The van der Waals surface area contributed by atoms with Crippen molar-refractivity contribution in [1.82, 2.24) is 19.5 Å². The molecular formula is C13H15ClN4O3. The van der Waals surface area contributed by atoms with Crippen molar-refractivity contribution in [1.29, 1.82) is 0 Å². The van der Waals surface area contributed by atoms with E-state index in [1.807, 2.05) is 25.3 Å². The zero-order valence-electron chi connectivity index (χ0n) is 11.9. The van der Waals surface area contributed by atoms with Crippen LogP contribution in [-0.2, 0) is 14.2 Å². The highest BCUT2D eigenvalue weighted by Crippen LogP contribution is 2.43. The number of halogens is 1. The largest absolute Gasteiger partial charge is 0.349 e. The fourth-order valence-corrected chi connectivity index (χ4v) is 3.19. The minimum absolute atomic E-state index is 0.0727. The summed E-state index contributed by atoms with van der Waals surface area (Å²) in [5.41, 5.74) is 1.18. The van der Waals surface area contributed by atoms with E-state index in [0.29, 0.717) is 16.3 Å². The molecule has 2 aliphatic rings. The summed E-state index contributed by atoms with van der Waals surface area (Å²) >= 11 is 6.04. The maximum atomic E-state index is 6.04. The van der Waals surface area contributed by atoms with E-state index in [1.54, 1.807) is 6.33 Å². The Balaban J connectivity index is 1.77. The monoisotopic (exact) mass is 310 g/mol. The smallest absolute Gasteiger partial charge is 0.167 e. The molecule has 4 atom stereocenters. The predicted octanol–water partition coefficient (Wildman–Crippen LogP) is 1.92. The van der Waals surface area contributed by atoms with Gasteiger partial charge in [0.15, 0.2) is 22.8 Å². The Hall–Kier alpha value is -1.28. The van der Waals surface area contributed by atoms with Crippen molar-refractivity contribution in [3.63, 3.8) is 0 Å². The van der Waals surface area contributed by atoms with Crippen molar-refractivity contribution in [2.45, 2.75) is 51.1 Å². The summed E-state index contributed by atoms with van der Waals surface area (Å²) in [7, 11) is 0. The van der Waals surface area contributed by atoms with Crippen LogP contribution in [0.25, 0.3) is 11.2 Å². The van der Waals surface area contributed by atoms with E-state index in [1.165, 1.54) is 6.33 Å². The molecule has 2 aliphatic heterocycles. The van der Waals surface area contributed by atoms with Crippen LogP contribution in [0.2, 0.25) is 5.15 Å². The molecule has 21 heavy (non-hydrogen) atoms. The van der Waals surface area contributed by atoms with E-state index in [4.69, 9.17) is 25.8 Å². The Morgan fingerprint density at radius 1 is 1.19 bits per heavy atom. The van der Waals surface area contributed by atoms with Crippen molar-refractivity contribution < 1.29 is 14.2 Å². The number of aromatic nitrogens is 4. The van der Waals surface area contributed by atoms with E-state index in [2.05, 4.69) is 15.0 Å². The molecule has 112 valence electrons. The first-order valence-corrected chi connectivity index (χ1v) is 7.18. The quantitative estimate of drug-likeness (QED) is 0.749. The van der Waals surface area contributed by atoms with Gasteiger partial charge in [0.05, 0.1) is 12.4 Å². The SMILES string of the molecule is C[C@H]1OC(n2cnc3c(Cl)ncnc32)[C@@H]2OC(C)(C)O[C@H]12. The third-order valence-corrected chi connectivity index (χ3v) is 4.13. The van der Waals surface area contributed by atoms with Gasteiger partial charge in [0, 0.05) is 0 Å². The molecule has 2 aromatic heterocycles. The van der Waals surface area contributed by atoms with E-state index < -0.39 is 5.79 Å². The van der Waals surface area contributed by atoms with Gasteiger partial charge in [-0.3, -0.25) is 4.57 Å². The topological polar surface area (TPSA) is 71.3 Å². The van der Waals surface area contributed by atoms with Crippen LogP contribution in [0.1, 0.15) is 27.0 Å². The molecule has 8 heteroatoms. The second-order valence-electron chi connectivity index (χ2n) is 5.79. The molecule has 0 aliphatic carbocycles. The average molecular weight is 311 g/mol. The van der Waals surface area contributed by atoms with Crippen LogP contribution in [-0.4, -0.2) is 43.6 Å². The molecule has 0 bridgehead atoms. The normalized spacial score (nSPS) is 34.5. The first-order chi connectivity index (χ1) is 9.96. The molecule has 1 unspecified atom stereocenters. The van der Waals surface area contributed by atoms with Gasteiger partial charge in [0.25, 0.3) is 0 Å². The van der Waals surface area contributed by atoms with Crippen LogP contribution in [0.3, 0.4) is 0 Å². The number of rotatable bonds is 1. The molecule has 7 nitrogen and oxygen atoms in total. The van der Waals surface area contributed by atoms with Gasteiger partial charge in [0.2, 0.25) is 0 Å². The van der Waals surface area contributed by atoms with Gasteiger partial charge in [-0.25, -0.2) is 15.0 Å². The number of fused-ring (bicyclic) bond motifs is 2. The van der Waals surface area contributed by atoms with Crippen LogP contribution in [0, 0.1) is 0 Å². The summed E-state index contributed by atoms with van der Waals surface area (Å²) < 4.78 is 19.7. The molecule has 4 heterocycles. The Labute approximate surface area is 126 Å². The van der Waals surface area contributed by atoms with Gasteiger partial charge in [-0.05, 0) is 20.8 Å². The highest BCUT2D eigenvalue weighted by Gasteiger charge is 2.54. The summed E-state index contributed by atoms with van der Waals surface area (Å²) in [5, 5.41) is 0.324. The van der Waals surface area contributed by atoms with E-state index >= 15 is 0 Å². The fraction of sp³-hybridized carbons (Fsp3) is 0.615. The number of hydrogen-bond donors (Lipinski definition) is 0. The van der Waals surface area contributed by atoms with Crippen LogP contribution >= 0.6 is 11.6 Å². The third kappa shape index (κ3) is 1.96. The summed E-state index contributed by atoms with van der Waals surface area (Å²) in [6.07, 6.45) is 2.33. The standard InChI is InChI=1S/C13H15ClN4O3/c1-6-8-9(21-13(2,3)20-8)12(19-6)18-5-17-7-10(14)15-4-16-11(7)18/h4-6,8-9,12H,1-3H3/t6-,8-,9-,12?/m1/s1. The average Bonchev–Trinajstić information content (AvgIpc) is 3.04. The third-order valence-electron chi connectivity index (χ3n) is 3.85. The van der Waals surface area contributed by atoms with Crippen LogP contribution in [0.5, 0.6) is 0 Å². The first kappa shape index (κ1) is 13.4. The lowest BCUT2D eigenvalue weighted by molar-refractivity contribution is -0.194. The van der Waals surface area contributed by atoms with E-state index in [0.717, 1.165) is 0 Å². The zero-order valence-corrected chi connectivity index (χ0v) is 12.6. The first-order valence-electron chi connectivity index (χ1n) is 6.80. The lowest BCUT2D eigenvalue weighted by atomic mass is 10.1. The van der Waals surface area contributed by atoms with Gasteiger partial charge in [-0.1, -0.05) is 11.6 Å². The summed E-state index contributed by atoms with van der Waals surface area (Å²) in [6.45, 7) is 5.78. The Morgan fingerprint density at radius 3 is 2.76 bits per heavy atom. The number of hydrogen-bond acceptors (Lipinski definition) is 6. The summed E-state index contributed by atoms with van der Waals surface area (Å²) in [5.74, 6) is -0.616. The molecule has 2 aromatic rings. The van der Waals surface area contributed by atoms with Gasteiger partial charge < -0.3 is 14.2 Å². The Morgan fingerprint density at radius 2 is 1.95 bits per heavy atom. The molecule has 2 fully saturated rings. The molecule has 0 N–H and O–H groups in total. The Bertz CT molecular complexity index is 704. The number of imidazole rings is 1. The number of nitrogens with zero attached hydrogens (tertiary/aromatic N) is 4. The molecule has 0 spiro atoms. The van der Waals surface area contributed by atoms with E-state index in [9.17, 15) is 0 Å². The Kier molecular flexibility index (Phi) is 2.78. The van der Waals surface area contributed by atoms with Crippen LogP contribution < -0.4 is 0 Å². The van der Waals surface area contributed by atoms with Crippen LogP contribution in [0.4, 0.5) is 0 Å². The van der Waals surface area contributed by atoms with Gasteiger partial charge in [-0.15, -0.1) is 0 Å². The molecule has 0 aromatic carbocycles. The molecular weight excluding hydrogens is 296 g/mol. The minimum Gasteiger partial charge on any atom is -0.349 e. The van der Waals surface area contributed by atoms with Crippen LogP contribution in [0.15, 0.2) is 12.7 Å². The van der Waals surface area contributed by atoms with Crippen molar-refractivity contribution in [2.24, 2.45) is 0 Å². The van der Waals surface area contributed by atoms with Crippen molar-refractivity contribution in [2.75, 3.05) is 0 Å². The van der Waals surface area contributed by atoms with Crippen molar-refractivity contribution in [3.8, 4) is 0 Å². The lowest BCUT2D eigenvalue weighted by Gasteiger charge is -2.23. The lowest BCUT2D eigenvalue weighted by Crippen LogP contribution is -2.27. The molecule has 0 saturated carbocycles. The van der Waals surface area contributed by atoms with Gasteiger partial charge >= 0.3 is 0 Å². The van der Waals surface area contributed by atoms with Gasteiger partial charge in [-0.2, -0.15) is 0 Å². The predicted molar refractivity (Wildman–Crippen MR) is 73.7 cm³/mol. The highest BCUT2D eigenvalue weighted by atomic mass is 35.5. The molecule has 0 radical (unpaired) electrons. The maximum Gasteiger partial charge on any atom is 0.167 e. The maximum absolute atomic E-state index is 6.04. The minimum atomic E-state index is -0.616. The van der Waals surface area contributed by atoms with Gasteiger partial charge in [0.1, 0.15) is 24.1 Å². The summed E-state index contributed by atoms with van der Waals surface area (Å²) in [6, 6.07) is 0. The second-order valence-corrected chi connectivity index (χ2v) is 6.14. The molecule has 4 rings (SSSR count). The summed E-state index contributed by atoms with van der Waals surface area (Å²) in [4.78, 5) is 12.5. The van der Waals surface area contributed by atoms with Crippen molar-refractivity contribution >= 4 is 22.8 Å². The second kappa shape index (κ2) is 4.36. The zero-order chi connectivity index (χ0) is 14.8.